The van der Waals surface area contributed by atoms with Crippen molar-refractivity contribution in [3.63, 3.8) is 0 Å². The fraction of sp³-hybridized carbons (Fsp3) is 1.00. The molecule has 0 spiro atoms. The molecule has 0 bridgehead atoms. The fourth-order valence-electron chi connectivity index (χ4n) is 2.19. The second-order valence-electron chi connectivity index (χ2n) is 4.34. The van der Waals surface area contributed by atoms with Crippen molar-refractivity contribution in [3.8, 4) is 0 Å². The minimum absolute atomic E-state index is 0.852. The lowest BCUT2D eigenvalue weighted by Gasteiger charge is -2.31. The summed E-state index contributed by atoms with van der Waals surface area (Å²) in [7, 11) is -2.13. The van der Waals surface area contributed by atoms with Crippen molar-refractivity contribution < 1.29 is 17.6 Å². The van der Waals surface area contributed by atoms with Gasteiger partial charge >= 0.3 is 6.18 Å². The van der Waals surface area contributed by atoms with Crippen LogP contribution in [0, 0.1) is 0 Å². The Hall–Kier alpha value is -0.0331. The van der Waals surface area contributed by atoms with Crippen molar-refractivity contribution >= 4 is 8.32 Å². The maximum atomic E-state index is 12.2. The first-order valence-electron chi connectivity index (χ1n) is 6.10. The smallest absolute Gasteiger partial charge is 0.408 e. The van der Waals surface area contributed by atoms with Gasteiger partial charge in [-0.1, -0.05) is 40.0 Å². The third-order valence-corrected chi connectivity index (χ3v) is 7.65. The Morgan fingerprint density at radius 1 is 0.875 bits per heavy atom. The second-order valence-corrected chi connectivity index (χ2v) is 8.49. The van der Waals surface area contributed by atoms with Gasteiger partial charge in [-0.25, -0.2) is 0 Å². The van der Waals surface area contributed by atoms with E-state index in [2.05, 4.69) is 0 Å². The summed E-state index contributed by atoms with van der Waals surface area (Å²) in [5.41, 5.74) is 0. The number of rotatable bonds is 8. The highest BCUT2D eigenvalue weighted by molar-refractivity contribution is 6.73. The van der Waals surface area contributed by atoms with Gasteiger partial charge < -0.3 is 4.43 Å². The molecule has 0 saturated heterocycles. The van der Waals surface area contributed by atoms with Crippen LogP contribution in [0.15, 0.2) is 0 Å². The van der Waals surface area contributed by atoms with Crippen molar-refractivity contribution in [1.29, 1.82) is 0 Å². The lowest BCUT2D eigenvalue weighted by atomic mass is 10.6. The zero-order valence-electron chi connectivity index (χ0n) is 10.5. The Morgan fingerprint density at radius 2 is 1.25 bits per heavy atom. The SMILES string of the molecule is CCC[Si](CCC)(CCC)OCC(F)(F)F. The molecule has 0 aromatic heterocycles. The Kier molecular flexibility index (Phi) is 7.31. The molecule has 0 aromatic rings. The normalized spacial score (nSPS) is 13.1. The van der Waals surface area contributed by atoms with E-state index in [-0.39, 0.29) is 0 Å². The van der Waals surface area contributed by atoms with Gasteiger partial charge in [0.1, 0.15) is 6.61 Å². The summed E-state index contributed by atoms with van der Waals surface area (Å²) in [4.78, 5) is 0. The molecule has 0 fully saturated rings. The molecule has 0 aliphatic heterocycles. The van der Waals surface area contributed by atoms with E-state index in [0.29, 0.717) is 0 Å². The molecule has 0 heterocycles. The molecule has 0 amide bonds. The van der Waals surface area contributed by atoms with E-state index in [1.54, 1.807) is 0 Å². The summed E-state index contributed by atoms with van der Waals surface area (Å²) >= 11 is 0. The van der Waals surface area contributed by atoms with Crippen LogP contribution in [0.1, 0.15) is 40.0 Å². The van der Waals surface area contributed by atoms with Gasteiger partial charge in [-0.15, -0.1) is 0 Å². The summed E-state index contributed by atoms with van der Waals surface area (Å²) in [5.74, 6) is 0. The Morgan fingerprint density at radius 3 is 1.50 bits per heavy atom. The average Bonchev–Trinajstić information content (AvgIpc) is 2.15. The number of alkyl halides is 3. The first-order chi connectivity index (χ1) is 7.39. The van der Waals surface area contributed by atoms with E-state index in [4.69, 9.17) is 4.43 Å². The van der Waals surface area contributed by atoms with Crippen molar-refractivity contribution in [3.05, 3.63) is 0 Å². The monoisotopic (exact) mass is 256 g/mol. The molecule has 5 heteroatoms. The first-order valence-corrected chi connectivity index (χ1v) is 8.62. The van der Waals surface area contributed by atoms with Crippen LogP contribution in [-0.4, -0.2) is 21.1 Å². The lowest BCUT2D eigenvalue weighted by Crippen LogP contribution is -2.40. The van der Waals surface area contributed by atoms with Crippen LogP contribution in [0.4, 0.5) is 13.2 Å². The average molecular weight is 256 g/mol. The summed E-state index contributed by atoms with van der Waals surface area (Å²) in [5, 5.41) is 0. The Balaban J connectivity index is 4.46. The lowest BCUT2D eigenvalue weighted by molar-refractivity contribution is -0.155. The molecule has 0 aliphatic carbocycles. The molecule has 98 valence electrons. The minimum Gasteiger partial charge on any atom is -0.408 e. The van der Waals surface area contributed by atoms with E-state index < -0.39 is 21.1 Å². The maximum absolute atomic E-state index is 12.2. The summed E-state index contributed by atoms with van der Waals surface area (Å²) in [6.07, 6.45) is -1.42. The van der Waals surface area contributed by atoms with Crippen molar-refractivity contribution in [1.82, 2.24) is 0 Å². The van der Waals surface area contributed by atoms with Crippen LogP contribution in [0.3, 0.4) is 0 Å². The predicted octanol–water partition coefficient (Wildman–Crippen LogP) is 4.74. The molecule has 0 N–H and O–H groups in total. The van der Waals surface area contributed by atoms with Crippen LogP contribution < -0.4 is 0 Å². The second kappa shape index (κ2) is 7.32. The van der Waals surface area contributed by atoms with E-state index >= 15 is 0 Å². The van der Waals surface area contributed by atoms with Gasteiger partial charge in [-0.05, 0) is 18.1 Å². The number of halogens is 3. The zero-order valence-corrected chi connectivity index (χ0v) is 11.5. The number of hydrogen-bond acceptors (Lipinski definition) is 1. The van der Waals surface area contributed by atoms with Gasteiger partial charge in [0, 0.05) is 0 Å². The molecular formula is C11H23F3OSi. The predicted molar refractivity (Wildman–Crippen MR) is 63.1 cm³/mol. The van der Waals surface area contributed by atoms with Crippen molar-refractivity contribution in [2.24, 2.45) is 0 Å². The van der Waals surface area contributed by atoms with Crippen molar-refractivity contribution in [2.75, 3.05) is 6.61 Å². The summed E-state index contributed by atoms with van der Waals surface area (Å²) in [6.45, 7) is 5.00. The maximum Gasteiger partial charge on any atom is 0.410 e. The topological polar surface area (TPSA) is 9.23 Å². The van der Waals surface area contributed by atoms with Crippen LogP contribution in [0.25, 0.3) is 0 Å². The fourth-order valence-corrected chi connectivity index (χ4v) is 6.58. The Bertz CT molecular complexity index is 166. The minimum atomic E-state index is -4.19. The zero-order chi connectivity index (χ0) is 12.7. The number of hydrogen-bond donors (Lipinski definition) is 0. The molecule has 0 saturated carbocycles. The molecule has 1 nitrogen and oxygen atoms in total. The molecule has 0 atom stereocenters. The third kappa shape index (κ3) is 6.53. The third-order valence-electron chi connectivity index (χ3n) is 2.66. The Labute approximate surface area is 97.5 Å². The van der Waals surface area contributed by atoms with Crippen LogP contribution in [0.2, 0.25) is 18.1 Å². The van der Waals surface area contributed by atoms with E-state index in [1.165, 1.54) is 0 Å². The van der Waals surface area contributed by atoms with E-state index in [1.807, 2.05) is 20.8 Å². The van der Waals surface area contributed by atoms with Gasteiger partial charge in [0.2, 0.25) is 0 Å². The highest BCUT2D eigenvalue weighted by Crippen LogP contribution is 2.29. The van der Waals surface area contributed by atoms with Crippen LogP contribution >= 0.6 is 0 Å². The summed E-state index contributed by atoms with van der Waals surface area (Å²) < 4.78 is 41.9. The molecular weight excluding hydrogens is 233 g/mol. The highest BCUT2D eigenvalue weighted by Gasteiger charge is 2.37. The van der Waals surface area contributed by atoms with E-state index in [0.717, 1.165) is 37.4 Å². The van der Waals surface area contributed by atoms with Gasteiger partial charge in [0.15, 0.2) is 8.32 Å². The van der Waals surface area contributed by atoms with Crippen molar-refractivity contribution in [2.45, 2.75) is 64.3 Å². The molecule has 0 aromatic carbocycles. The molecule has 0 radical (unpaired) electrons. The van der Waals surface area contributed by atoms with Gasteiger partial charge in [-0.3, -0.25) is 0 Å². The van der Waals surface area contributed by atoms with Gasteiger partial charge in [-0.2, -0.15) is 13.2 Å². The van der Waals surface area contributed by atoms with Gasteiger partial charge in [0.05, 0.1) is 0 Å². The van der Waals surface area contributed by atoms with Crippen LogP contribution in [-0.2, 0) is 4.43 Å². The largest absolute Gasteiger partial charge is 0.410 e. The van der Waals surface area contributed by atoms with Gasteiger partial charge in [0.25, 0.3) is 0 Å². The van der Waals surface area contributed by atoms with E-state index in [9.17, 15) is 13.2 Å². The standard InChI is InChI=1S/C11H23F3OSi/c1-4-7-16(8-5-2,9-6-3)15-10-11(12,13)14/h4-10H2,1-3H3. The molecule has 16 heavy (non-hydrogen) atoms. The molecule has 0 unspecified atom stereocenters. The molecule has 0 aliphatic rings. The van der Waals surface area contributed by atoms with Crippen LogP contribution in [0.5, 0.6) is 0 Å². The summed E-state index contributed by atoms with van der Waals surface area (Å²) in [6, 6.07) is 2.56. The quantitative estimate of drug-likeness (QED) is 0.570. The molecule has 0 rings (SSSR count). The first kappa shape index (κ1) is 16.0. The highest BCUT2D eigenvalue weighted by atomic mass is 28.4.